The quantitative estimate of drug-likeness (QED) is 0.0241. The van der Waals surface area contributed by atoms with Gasteiger partial charge in [0.2, 0.25) is 62.4 Å². The molecule has 0 aromatic rings. The van der Waals surface area contributed by atoms with Gasteiger partial charge in [-0.3, -0.25) is 25.1 Å². The summed E-state index contributed by atoms with van der Waals surface area (Å²) >= 11 is 0. The van der Waals surface area contributed by atoms with Crippen LogP contribution >= 0.6 is 0 Å². The third kappa shape index (κ3) is 166. The van der Waals surface area contributed by atoms with Crippen molar-refractivity contribution < 1.29 is 221 Å². The second-order valence-corrected chi connectivity index (χ2v) is 32.8. The molecule has 0 heterocycles. The Morgan fingerprint density at radius 1 is 0.150 bits per heavy atom. The topological polar surface area (TPSA) is 399 Å². The van der Waals surface area contributed by atoms with Crippen LogP contribution in [0.25, 0.3) is 0 Å². The monoisotopic (exact) mass is 1710 g/mol. The third-order valence-electron chi connectivity index (χ3n) is 16.4. The summed E-state index contributed by atoms with van der Waals surface area (Å²) in [4.78, 5) is 0. The van der Waals surface area contributed by atoms with E-state index in [-0.39, 0.29) is 181 Å². The average Bonchev–Trinajstić information content (AvgIpc) is 1.08. The molecule has 0 radical (unpaired) electrons. The van der Waals surface area contributed by atoms with Crippen molar-refractivity contribution in [2.24, 2.45) is 0 Å². The van der Waals surface area contributed by atoms with Gasteiger partial charge in [0.1, 0.15) is 0 Å². The first-order chi connectivity index (χ1) is 48.4. The molecule has 0 spiro atoms. The van der Waals surface area contributed by atoms with Crippen molar-refractivity contribution in [3.63, 3.8) is 0 Å². The maximum atomic E-state index is 10.1. The molecular formula is C72H150MgNa4O24S6. The molecule has 24 nitrogen and oxygen atoms in total. The summed E-state index contributed by atoms with van der Waals surface area (Å²) in [5.41, 5.74) is 0. The molecule has 0 fully saturated rings. The molecule has 0 aromatic carbocycles. The van der Waals surface area contributed by atoms with Gasteiger partial charge in [-0.05, 0) is 38.5 Å². The van der Waals surface area contributed by atoms with E-state index in [4.69, 9.17) is 0 Å². The molecule has 0 atom stereocenters. The molecule has 107 heavy (non-hydrogen) atoms. The van der Waals surface area contributed by atoms with Gasteiger partial charge in [0.15, 0.2) is 0 Å². The van der Waals surface area contributed by atoms with Crippen LogP contribution in [0.5, 0.6) is 0 Å². The van der Waals surface area contributed by atoms with E-state index >= 15 is 0 Å². The first kappa shape index (κ1) is 134. The van der Waals surface area contributed by atoms with Crippen molar-refractivity contribution in [3.8, 4) is 0 Å². The molecule has 0 aromatic heterocycles. The van der Waals surface area contributed by atoms with Crippen LogP contribution in [0.4, 0.5) is 0 Å². The van der Waals surface area contributed by atoms with Crippen LogP contribution in [0.1, 0.15) is 427 Å². The van der Waals surface area contributed by atoms with Gasteiger partial charge in [-0.15, -0.1) is 0 Å². The van der Waals surface area contributed by atoms with E-state index in [0.717, 1.165) is 77.0 Å². The fourth-order valence-corrected chi connectivity index (χ4v) is 12.4. The number of hydrogen-bond donors (Lipinski definition) is 0. The molecule has 0 aliphatic heterocycles. The molecule has 0 saturated heterocycles. The van der Waals surface area contributed by atoms with Gasteiger partial charge in [-0.2, -0.15) is 0 Å². The average molecular weight is 1710 g/mol. The number of hydrogen-bond acceptors (Lipinski definition) is 24. The van der Waals surface area contributed by atoms with Crippen LogP contribution in [0.2, 0.25) is 0 Å². The van der Waals surface area contributed by atoms with Gasteiger partial charge in [0.25, 0.3) is 0 Å². The van der Waals surface area contributed by atoms with Gasteiger partial charge in [-0.25, -0.2) is 50.5 Å². The molecule has 0 saturated carbocycles. The van der Waals surface area contributed by atoms with Gasteiger partial charge in [0, 0.05) is 0 Å². The zero-order chi connectivity index (χ0) is 77.9. The standard InChI is InChI=1S/6C12H26O4S.Mg.4Na/c6*1-2-3-4-5-6-7-8-9-10-11-12-16-17(13,14)15;;;;;/h6*2-12H2,1H3,(H,13,14,15);;;;;/q;;;;;;+2;4*+1/p-6. The Hall–Kier alpha value is 3.99. The minimum atomic E-state index is -4.48. The molecule has 0 rings (SSSR count). The van der Waals surface area contributed by atoms with E-state index in [2.05, 4.69) is 66.6 Å². The zero-order valence-electron chi connectivity index (χ0n) is 69.6. The molecule has 0 bridgehead atoms. The van der Waals surface area contributed by atoms with Crippen molar-refractivity contribution in [2.75, 3.05) is 39.6 Å². The SMILES string of the molecule is CCCCCCCCCCCCOS(=O)(=O)[O-].CCCCCCCCCCCCOS(=O)(=O)[O-].CCCCCCCCCCCCOS(=O)(=O)[O-].CCCCCCCCCCCCOS(=O)(=O)[O-].CCCCCCCCCCCCOS(=O)(=O)[O-].CCCCCCCCCCCCOS(=O)(=O)[O-].[Mg+2].[Na+].[Na+].[Na+].[Na+]. The molecule has 35 heteroatoms. The second kappa shape index (κ2) is 104. The summed E-state index contributed by atoms with van der Waals surface area (Å²) < 4.78 is 207. The summed E-state index contributed by atoms with van der Waals surface area (Å²) in [5.74, 6) is 0. The number of unbranched alkanes of at least 4 members (excludes halogenated alkanes) is 54. The summed E-state index contributed by atoms with van der Waals surface area (Å²) in [5, 5.41) is 0. The van der Waals surface area contributed by atoms with Crippen LogP contribution < -0.4 is 118 Å². The summed E-state index contributed by atoms with van der Waals surface area (Å²) in [6.45, 7) is 13.5. The van der Waals surface area contributed by atoms with Crippen LogP contribution in [0, 0.1) is 0 Å². The van der Waals surface area contributed by atoms with Gasteiger partial charge in [0.05, 0.1) is 39.6 Å². The first-order valence-corrected chi connectivity index (χ1v) is 48.0. The number of rotatable bonds is 72. The smallest absolute Gasteiger partial charge is 0.726 e. The third-order valence-corrected chi connectivity index (χ3v) is 19.1. The Labute approximate surface area is 763 Å². The van der Waals surface area contributed by atoms with Crippen LogP contribution in [-0.4, -0.2) is 141 Å². The predicted octanol–water partition coefficient (Wildman–Crippen LogP) is 7.94. The van der Waals surface area contributed by atoms with Crippen molar-refractivity contribution >= 4 is 85.4 Å². The van der Waals surface area contributed by atoms with E-state index in [0.29, 0.717) is 38.5 Å². The molecule has 0 unspecified atom stereocenters. The normalized spacial score (nSPS) is 11.3. The summed E-state index contributed by atoms with van der Waals surface area (Å²) in [6, 6.07) is 0. The molecule has 0 N–H and O–H groups in total. The molecule has 0 aliphatic carbocycles. The minimum absolute atomic E-state index is 0. The maximum absolute atomic E-state index is 10.1. The van der Waals surface area contributed by atoms with Crippen LogP contribution in [0.3, 0.4) is 0 Å². The molecule has 0 amide bonds. The Morgan fingerprint density at radius 2 is 0.215 bits per heavy atom. The van der Waals surface area contributed by atoms with Gasteiger partial charge < -0.3 is 27.3 Å². The first-order valence-electron chi connectivity index (χ1n) is 40.0. The Morgan fingerprint density at radius 3 is 0.280 bits per heavy atom. The maximum Gasteiger partial charge on any atom is 2.00 e. The minimum Gasteiger partial charge on any atom is -0.726 e. The second-order valence-electron chi connectivity index (χ2n) is 26.5. The van der Waals surface area contributed by atoms with Crippen molar-refractivity contribution in [2.45, 2.75) is 427 Å². The van der Waals surface area contributed by atoms with E-state index in [1.54, 1.807) is 0 Å². The fraction of sp³-hybridized carbons (Fsp3) is 1.00. The van der Waals surface area contributed by atoms with E-state index in [1.807, 2.05) is 0 Å². The largest absolute Gasteiger partial charge is 2.00 e. The van der Waals surface area contributed by atoms with E-state index < -0.39 is 62.4 Å². The fourth-order valence-electron chi connectivity index (χ4n) is 10.5. The summed E-state index contributed by atoms with van der Waals surface area (Å²) in [7, 11) is -26.9. The van der Waals surface area contributed by atoms with Crippen molar-refractivity contribution in [1.82, 2.24) is 0 Å². The van der Waals surface area contributed by atoms with E-state index in [9.17, 15) is 77.8 Å². The molecular weight excluding hydrogens is 1560 g/mol. The molecule has 0 aliphatic rings. The van der Waals surface area contributed by atoms with Gasteiger partial charge >= 0.3 is 141 Å². The summed E-state index contributed by atoms with van der Waals surface area (Å²) in [6.07, 6.45) is 70.2. The van der Waals surface area contributed by atoms with Crippen molar-refractivity contribution in [1.29, 1.82) is 0 Å². The Kier molecular flexibility index (Phi) is 131. The molecule has 624 valence electrons. The van der Waals surface area contributed by atoms with Crippen molar-refractivity contribution in [3.05, 3.63) is 0 Å². The zero-order valence-corrected chi connectivity index (χ0v) is 83.9. The van der Waals surface area contributed by atoms with Crippen LogP contribution in [0.15, 0.2) is 0 Å². The van der Waals surface area contributed by atoms with Crippen LogP contribution in [-0.2, 0) is 87.5 Å². The van der Waals surface area contributed by atoms with E-state index in [1.165, 1.54) is 270 Å². The Balaban J connectivity index is -0.000000114. The predicted molar refractivity (Wildman–Crippen MR) is 411 cm³/mol. The van der Waals surface area contributed by atoms with Gasteiger partial charge in [-0.1, -0.05) is 388 Å². The Bertz CT molecular complexity index is 1950.